The van der Waals surface area contributed by atoms with Crippen LogP contribution in [0, 0.1) is 22.7 Å². The summed E-state index contributed by atoms with van der Waals surface area (Å²) >= 11 is 0. The highest BCUT2D eigenvalue weighted by Gasteiger charge is 2.30. The first kappa shape index (κ1) is 14.1. The van der Waals surface area contributed by atoms with Crippen LogP contribution < -0.4 is 4.72 Å². The second-order valence-corrected chi connectivity index (χ2v) is 5.52. The number of nitrogens with one attached hydrogen (secondary N) is 1. The van der Waals surface area contributed by atoms with Crippen LogP contribution in [0.1, 0.15) is 26.0 Å². The second kappa shape index (κ2) is 5.13. The van der Waals surface area contributed by atoms with Gasteiger partial charge in [-0.3, -0.25) is 0 Å². The van der Waals surface area contributed by atoms with Crippen molar-refractivity contribution in [2.45, 2.75) is 30.7 Å². The maximum Gasteiger partial charge on any atom is 0.244 e. The zero-order chi connectivity index (χ0) is 13.8. The molecule has 0 aromatic carbocycles. The van der Waals surface area contributed by atoms with E-state index in [4.69, 9.17) is 10.5 Å². The van der Waals surface area contributed by atoms with Gasteiger partial charge in [0.05, 0.1) is 6.07 Å². The van der Waals surface area contributed by atoms with Crippen molar-refractivity contribution in [1.82, 2.24) is 9.71 Å². The third-order valence-corrected chi connectivity index (χ3v) is 4.11. The van der Waals surface area contributed by atoms with Gasteiger partial charge in [-0.15, -0.1) is 0 Å². The molecule has 1 heterocycles. The number of pyridine rings is 1. The lowest BCUT2D eigenvalue weighted by atomic mass is 10.0. The van der Waals surface area contributed by atoms with Crippen molar-refractivity contribution >= 4 is 10.0 Å². The summed E-state index contributed by atoms with van der Waals surface area (Å²) in [4.78, 5) is 3.46. The van der Waals surface area contributed by atoms with E-state index in [2.05, 4.69) is 9.71 Å². The Balaban J connectivity index is 3.25. The molecule has 1 aromatic rings. The first-order valence-electron chi connectivity index (χ1n) is 5.19. The van der Waals surface area contributed by atoms with Crippen LogP contribution in [0.5, 0.6) is 0 Å². The Hall–Kier alpha value is -1.96. The molecule has 6 nitrogen and oxygen atoms in total. The average molecular weight is 264 g/mol. The first-order chi connectivity index (χ1) is 8.38. The van der Waals surface area contributed by atoms with Crippen LogP contribution in [0.25, 0.3) is 0 Å². The molecule has 0 amide bonds. The minimum Gasteiger partial charge on any atom is -0.244 e. The normalized spacial score (nSPS) is 14.2. The van der Waals surface area contributed by atoms with E-state index in [1.54, 1.807) is 13.0 Å². The van der Waals surface area contributed by atoms with Crippen LogP contribution in [0.15, 0.2) is 23.2 Å². The lowest BCUT2D eigenvalue weighted by molar-refractivity contribution is 0.494. The fourth-order valence-electron chi connectivity index (χ4n) is 1.22. The zero-order valence-electron chi connectivity index (χ0n) is 10.0. The van der Waals surface area contributed by atoms with E-state index in [-0.39, 0.29) is 10.6 Å². The second-order valence-electron chi connectivity index (χ2n) is 3.86. The first-order valence-corrected chi connectivity index (χ1v) is 6.67. The third kappa shape index (κ3) is 2.83. The minimum atomic E-state index is -3.94. The summed E-state index contributed by atoms with van der Waals surface area (Å²) in [7, 11) is -3.94. The number of aromatic nitrogens is 1. The Morgan fingerprint density at radius 1 is 1.50 bits per heavy atom. The third-order valence-electron chi connectivity index (χ3n) is 2.48. The van der Waals surface area contributed by atoms with Gasteiger partial charge in [0, 0.05) is 6.20 Å². The number of nitriles is 2. The van der Waals surface area contributed by atoms with Crippen LogP contribution >= 0.6 is 0 Å². The molecule has 0 bridgehead atoms. The molecule has 0 saturated carbocycles. The number of hydrogen-bond acceptors (Lipinski definition) is 5. The van der Waals surface area contributed by atoms with Crippen molar-refractivity contribution in [1.29, 1.82) is 10.5 Å². The summed E-state index contributed by atoms with van der Waals surface area (Å²) in [5.41, 5.74) is -1.40. The van der Waals surface area contributed by atoms with Crippen molar-refractivity contribution in [3.63, 3.8) is 0 Å². The van der Waals surface area contributed by atoms with Crippen LogP contribution in [-0.2, 0) is 10.0 Å². The molecular formula is C11H12N4O2S. The molecule has 1 N–H and O–H groups in total. The number of nitrogens with zero attached hydrogens (tertiary/aromatic N) is 3. The summed E-state index contributed by atoms with van der Waals surface area (Å²) < 4.78 is 26.5. The summed E-state index contributed by atoms with van der Waals surface area (Å²) in [5.74, 6) is 0. The molecule has 0 fully saturated rings. The number of sulfonamides is 1. The maximum absolute atomic E-state index is 12.1. The zero-order valence-corrected chi connectivity index (χ0v) is 10.8. The molecule has 18 heavy (non-hydrogen) atoms. The minimum absolute atomic E-state index is 0.193. The molecule has 0 aliphatic carbocycles. The molecule has 0 spiro atoms. The van der Waals surface area contributed by atoms with E-state index in [9.17, 15) is 8.42 Å². The van der Waals surface area contributed by atoms with Crippen LogP contribution in [0.4, 0.5) is 0 Å². The molecule has 0 aliphatic rings. The Labute approximate surface area is 106 Å². The van der Waals surface area contributed by atoms with Crippen molar-refractivity contribution in [3.05, 3.63) is 24.0 Å². The predicted octanol–water partition coefficient (Wildman–Crippen LogP) is 0.924. The summed E-state index contributed by atoms with van der Waals surface area (Å²) in [6, 6.07) is 6.31. The molecule has 7 heteroatoms. The van der Waals surface area contributed by atoms with E-state index < -0.39 is 15.6 Å². The van der Waals surface area contributed by atoms with E-state index in [0.29, 0.717) is 6.42 Å². The molecule has 0 radical (unpaired) electrons. The Bertz CT molecular complexity index is 627. The van der Waals surface area contributed by atoms with Gasteiger partial charge >= 0.3 is 0 Å². The van der Waals surface area contributed by atoms with E-state index in [1.807, 2.05) is 6.07 Å². The van der Waals surface area contributed by atoms with Gasteiger partial charge in [0.2, 0.25) is 10.0 Å². The summed E-state index contributed by atoms with van der Waals surface area (Å²) in [6.07, 6.45) is 1.64. The number of hydrogen-bond donors (Lipinski definition) is 1. The van der Waals surface area contributed by atoms with Crippen molar-refractivity contribution in [2.24, 2.45) is 0 Å². The fourth-order valence-corrected chi connectivity index (χ4v) is 2.72. The molecule has 94 valence electrons. The van der Waals surface area contributed by atoms with Crippen LogP contribution in [0.3, 0.4) is 0 Å². The van der Waals surface area contributed by atoms with Gasteiger partial charge in [-0.1, -0.05) is 6.92 Å². The average Bonchev–Trinajstić information content (AvgIpc) is 2.38. The van der Waals surface area contributed by atoms with Gasteiger partial charge in [-0.2, -0.15) is 15.2 Å². The van der Waals surface area contributed by atoms with Gasteiger partial charge in [0.25, 0.3) is 0 Å². The van der Waals surface area contributed by atoms with Gasteiger partial charge in [-0.25, -0.2) is 13.4 Å². The van der Waals surface area contributed by atoms with E-state index >= 15 is 0 Å². The van der Waals surface area contributed by atoms with Crippen molar-refractivity contribution < 1.29 is 8.42 Å². The lowest BCUT2D eigenvalue weighted by Crippen LogP contribution is -2.44. The Kier molecular flexibility index (Phi) is 4.02. The molecule has 1 aromatic heterocycles. The monoisotopic (exact) mass is 264 g/mol. The fraction of sp³-hybridized carbons (Fsp3) is 0.364. The maximum atomic E-state index is 12.1. The number of rotatable bonds is 4. The van der Waals surface area contributed by atoms with Gasteiger partial charge in [-0.05, 0) is 25.5 Å². The van der Waals surface area contributed by atoms with E-state index in [1.165, 1.54) is 25.3 Å². The van der Waals surface area contributed by atoms with Gasteiger partial charge in [0.15, 0.2) is 5.69 Å². The molecule has 1 unspecified atom stereocenters. The lowest BCUT2D eigenvalue weighted by Gasteiger charge is -2.21. The Morgan fingerprint density at radius 3 is 2.67 bits per heavy atom. The standard InChI is InChI=1S/C11H12N4O2S/c1-3-11(2,8-13)15-18(16,17)10-5-4-6-14-9(10)7-12/h4-6,15H,3H2,1-2H3. The molecule has 1 atom stereocenters. The smallest absolute Gasteiger partial charge is 0.244 e. The van der Waals surface area contributed by atoms with Gasteiger partial charge < -0.3 is 0 Å². The van der Waals surface area contributed by atoms with Gasteiger partial charge in [0.1, 0.15) is 16.5 Å². The van der Waals surface area contributed by atoms with Crippen molar-refractivity contribution in [3.8, 4) is 12.1 Å². The molecule has 1 rings (SSSR count). The summed E-state index contributed by atoms with van der Waals surface area (Å²) in [5, 5.41) is 17.8. The topological polar surface area (TPSA) is 107 Å². The summed E-state index contributed by atoms with van der Waals surface area (Å²) in [6.45, 7) is 3.17. The van der Waals surface area contributed by atoms with Crippen molar-refractivity contribution in [2.75, 3.05) is 0 Å². The largest absolute Gasteiger partial charge is 0.244 e. The SMILES string of the molecule is CCC(C)(C#N)NS(=O)(=O)c1cccnc1C#N. The molecular weight excluding hydrogens is 252 g/mol. The molecule has 0 saturated heterocycles. The molecule has 0 aliphatic heterocycles. The predicted molar refractivity (Wildman–Crippen MR) is 63.6 cm³/mol. The highest BCUT2D eigenvalue weighted by molar-refractivity contribution is 7.89. The highest BCUT2D eigenvalue weighted by atomic mass is 32.2. The highest BCUT2D eigenvalue weighted by Crippen LogP contribution is 2.17. The van der Waals surface area contributed by atoms with E-state index in [0.717, 1.165) is 0 Å². The quantitative estimate of drug-likeness (QED) is 0.870. The van der Waals surface area contributed by atoms with Crippen LogP contribution in [-0.4, -0.2) is 18.9 Å². The van der Waals surface area contributed by atoms with Crippen LogP contribution in [0.2, 0.25) is 0 Å². The Morgan fingerprint density at radius 2 is 2.17 bits per heavy atom.